The van der Waals surface area contributed by atoms with Gasteiger partial charge in [0.05, 0.1) is 6.61 Å². The standard InChI is InChI=1S/C33H36N4O2/c1-24-14-15-25(2)29(20-24)21-30-26(3)34-32(28-12-8-5-9-13-28)35-33(30)37-18-16-36(17-19-37)31(38)23-39-22-27-10-6-4-7-11-27/h4-15,20H,16-19,21-23H2,1-3H3. The second kappa shape index (κ2) is 12.2. The molecule has 4 aromatic rings. The third kappa shape index (κ3) is 6.52. The summed E-state index contributed by atoms with van der Waals surface area (Å²) >= 11 is 0. The van der Waals surface area contributed by atoms with E-state index < -0.39 is 0 Å². The summed E-state index contributed by atoms with van der Waals surface area (Å²) in [6.07, 6.45) is 0.774. The Morgan fingerprint density at radius 3 is 2.26 bits per heavy atom. The van der Waals surface area contributed by atoms with E-state index in [1.54, 1.807) is 0 Å². The van der Waals surface area contributed by atoms with Gasteiger partial charge in [-0.05, 0) is 37.5 Å². The van der Waals surface area contributed by atoms with E-state index in [9.17, 15) is 4.79 Å². The van der Waals surface area contributed by atoms with Crippen molar-refractivity contribution < 1.29 is 9.53 Å². The normalized spacial score (nSPS) is 13.5. The number of carbonyl (C=O) groups is 1. The van der Waals surface area contributed by atoms with Gasteiger partial charge in [0, 0.05) is 49.4 Å². The van der Waals surface area contributed by atoms with E-state index in [1.807, 2.05) is 53.4 Å². The molecule has 1 fully saturated rings. The first-order valence-corrected chi connectivity index (χ1v) is 13.6. The zero-order chi connectivity index (χ0) is 27.2. The lowest BCUT2D eigenvalue weighted by Gasteiger charge is -2.36. The van der Waals surface area contributed by atoms with E-state index in [0.717, 1.165) is 53.5 Å². The maximum absolute atomic E-state index is 12.9. The Labute approximate surface area is 231 Å². The summed E-state index contributed by atoms with van der Waals surface area (Å²) in [5.41, 5.74) is 8.02. The highest BCUT2D eigenvalue weighted by Crippen LogP contribution is 2.29. The maximum atomic E-state index is 12.9. The summed E-state index contributed by atoms with van der Waals surface area (Å²) in [5.74, 6) is 1.74. The van der Waals surface area contributed by atoms with Gasteiger partial charge >= 0.3 is 0 Å². The smallest absolute Gasteiger partial charge is 0.248 e. The number of nitrogens with zero attached hydrogens (tertiary/aromatic N) is 4. The topological polar surface area (TPSA) is 58.6 Å². The van der Waals surface area contributed by atoms with Crippen LogP contribution in [0.3, 0.4) is 0 Å². The minimum absolute atomic E-state index is 0.0324. The molecule has 1 aromatic heterocycles. The van der Waals surface area contributed by atoms with E-state index in [2.05, 4.69) is 56.0 Å². The number of hydrogen-bond donors (Lipinski definition) is 0. The second-order valence-corrected chi connectivity index (χ2v) is 10.3. The molecule has 0 N–H and O–H groups in total. The number of aryl methyl sites for hydroxylation is 3. The van der Waals surface area contributed by atoms with Gasteiger partial charge in [-0.2, -0.15) is 0 Å². The van der Waals surface area contributed by atoms with Crippen LogP contribution in [0.25, 0.3) is 11.4 Å². The molecule has 1 aliphatic heterocycles. The Morgan fingerprint density at radius 2 is 1.54 bits per heavy atom. The van der Waals surface area contributed by atoms with Gasteiger partial charge in [-0.25, -0.2) is 9.97 Å². The van der Waals surface area contributed by atoms with Gasteiger partial charge in [0.1, 0.15) is 12.4 Å². The summed E-state index contributed by atoms with van der Waals surface area (Å²) in [6.45, 7) is 9.62. The van der Waals surface area contributed by atoms with Crippen LogP contribution in [-0.4, -0.2) is 53.6 Å². The Hall–Kier alpha value is -4.03. The molecule has 2 heterocycles. The molecular weight excluding hydrogens is 484 g/mol. The van der Waals surface area contributed by atoms with Gasteiger partial charge in [0.15, 0.2) is 5.82 Å². The van der Waals surface area contributed by atoms with Gasteiger partial charge in [0.25, 0.3) is 0 Å². The third-order valence-electron chi connectivity index (χ3n) is 7.36. The molecule has 0 atom stereocenters. The fourth-order valence-electron chi connectivity index (χ4n) is 5.04. The predicted octanol–water partition coefficient (Wildman–Crippen LogP) is 5.53. The number of aromatic nitrogens is 2. The minimum Gasteiger partial charge on any atom is -0.367 e. The Balaban J connectivity index is 1.33. The van der Waals surface area contributed by atoms with Crippen LogP contribution in [0, 0.1) is 20.8 Å². The van der Waals surface area contributed by atoms with Gasteiger partial charge < -0.3 is 14.5 Å². The van der Waals surface area contributed by atoms with Gasteiger partial charge in [-0.1, -0.05) is 84.4 Å². The first kappa shape index (κ1) is 26.6. The molecule has 0 radical (unpaired) electrons. The molecule has 0 unspecified atom stereocenters. The van der Waals surface area contributed by atoms with Crippen molar-refractivity contribution in [3.05, 3.63) is 112 Å². The monoisotopic (exact) mass is 520 g/mol. The molecule has 39 heavy (non-hydrogen) atoms. The molecule has 5 rings (SSSR count). The Bertz CT molecular complexity index is 1410. The van der Waals surface area contributed by atoms with Crippen LogP contribution in [0.1, 0.15) is 33.5 Å². The zero-order valence-corrected chi connectivity index (χ0v) is 23.1. The molecule has 6 nitrogen and oxygen atoms in total. The van der Waals surface area contributed by atoms with Crippen LogP contribution in [-0.2, 0) is 22.6 Å². The molecule has 1 aliphatic rings. The highest BCUT2D eigenvalue weighted by molar-refractivity contribution is 5.77. The van der Waals surface area contributed by atoms with Crippen molar-refractivity contribution in [2.24, 2.45) is 0 Å². The first-order chi connectivity index (χ1) is 19.0. The number of ether oxygens (including phenoxy) is 1. The number of anilines is 1. The Kier molecular flexibility index (Phi) is 8.33. The SMILES string of the molecule is Cc1ccc(C)c(Cc2c(C)nc(-c3ccccc3)nc2N2CCN(C(=O)COCc3ccccc3)CC2)c1. The van der Waals surface area contributed by atoms with Crippen LogP contribution in [0.15, 0.2) is 78.9 Å². The van der Waals surface area contributed by atoms with Crippen molar-refractivity contribution in [3.8, 4) is 11.4 Å². The fraction of sp³-hybridized carbons (Fsp3) is 0.303. The van der Waals surface area contributed by atoms with E-state index in [-0.39, 0.29) is 12.5 Å². The van der Waals surface area contributed by atoms with Crippen molar-refractivity contribution in [1.29, 1.82) is 0 Å². The van der Waals surface area contributed by atoms with Crippen LogP contribution < -0.4 is 4.90 Å². The van der Waals surface area contributed by atoms with Crippen LogP contribution in [0.4, 0.5) is 5.82 Å². The lowest BCUT2D eigenvalue weighted by Crippen LogP contribution is -2.50. The van der Waals surface area contributed by atoms with Crippen molar-refractivity contribution >= 4 is 11.7 Å². The number of amides is 1. The average Bonchev–Trinajstić information content (AvgIpc) is 2.97. The molecule has 0 aliphatic carbocycles. The van der Waals surface area contributed by atoms with Crippen LogP contribution in [0.2, 0.25) is 0 Å². The number of hydrogen-bond acceptors (Lipinski definition) is 5. The van der Waals surface area contributed by atoms with E-state index in [4.69, 9.17) is 14.7 Å². The van der Waals surface area contributed by atoms with Crippen molar-refractivity contribution in [3.63, 3.8) is 0 Å². The summed E-state index contributed by atoms with van der Waals surface area (Å²) in [4.78, 5) is 27.1. The van der Waals surface area contributed by atoms with E-state index in [0.29, 0.717) is 19.7 Å². The summed E-state index contributed by atoms with van der Waals surface area (Å²) in [7, 11) is 0. The summed E-state index contributed by atoms with van der Waals surface area (Å²) in [6, 6.07) is 26.7. The summed E-state index contributed by atoms with van der Waals surface area (Å²) in [5, 5.41) is 0. The number of benzene rings is 3. The second-order valence-electron chi connectivity index (χ2n) is 10.3. The van der Waals surface area contributed by atoms with Crippen molar-refractivity contribution in [2.45, 2.75) is 33.8 Å². The molecule has 200 valence electrons. The van der Waals surface area contributed by atoms with Crippen LogP contribution >= 0.6 is 0 Å². The molecule has 1 saturated heterocycles. The highest BCUT2D eigenvalue weighted by Gasteiger charge is 2.25. The molecule has 3 aromatic carbocycles. The van der Waals surface area contributed by atoms with Gasteiger partial charge in [-0.15, -0.1) is 0 Å². The lowest BCUT2D eigenvalue weighted by molar-refractivity contribution is -0.136. The molecule has 0 saturated carbocycles. The fourth-order valence-corrected chi connectivity index (χ4v) is 5.04. The minimum atomic E-state index is 0.0324. The average molecular weight is 521 g/mol. The molecule has 0 bridgehead atoms. The van der Waals surface area contributed by atoms with Crippen molar-refractivity contribution in [2.75, 3.05) is 37.7 Å². The van der Waals surface area contributed by atoms with E-state index in [1.165, 1.54) is 16.7 Å². The largest absolute Gasteiger partial charge is 0.367 e. The number of carbonyl (C=O) groups excluding carboxylic acids is 1. The van der Waals surface area contributed by atoms with Gasteiger partial charge in [0.2, 0.25) is 5.91 Å². The molecule has 1 amide bonds. The zero-order valence-electron chi connectivity index (χ0n) is 23.1. The third-order valence-corrected chi connectivity index (χ3v) is 7.36. The predicted molar refractivity (Wildman–Crippen MR) is 156 cm³/mol. The quantitative estimate of drug-likeness (QED) is 0.306. The number of rotatable bonds is 8. The lowest BCUT2D eigenvalue weighted by atomic mass is 9.97. The van der Waals surface area contributed by atoms with Crippen molar-refractivity contribution in [1.82, 2.24) is 14.9 Å². The highest BCUT2D eigenvalue weighted by atomic mass is 16.5. The van der Waals surface area contributed by atoms with Gasteiger partial charge in [-0.3, -0.25) is 4.79 Å². The van der Waals surface area contributed by atoms with E-state index >= 15 is 0 Å². The number of piperazine rings is 1. The molecule has 6 heteroatoms. The first-order valence-electron chi connectivity index (χ1n) is 13.6. The maximum Gasteiger partial charge on any atom is 0.248 e. The Morgan fingerprint density at radius 1 is 0.846 bits per heavy atom. The van der Waals surface area contributed by atoms with Crippen LogP contribution in [0.5, 0.6) is 0 Å². The molecule has 0 spiro atoms. The molecular formula is C33H36N4O2. The summed E-state index contributed by atoms with van der Waals surface area (Å²) < 4.78 is 5.71.